The first kappa shape index (κ1) is 18.5. The van der Waals surface area contributed by atoms with Crippen LogP contribution in [0.4, 0.5) is 15.8 Å². The van der Waals surface area contributed by atoms with E-state index in [0.29, 0.717) is 18.4 Å². The predicted octanol–water partition coefficient (Wildman–Crippen LogP) is 1.62. The molecule has 1 aliphatic carbocycles. The number of nitrogens with zero attached hydrogens (tertiary/aromatic N) is 1. The molecule has 0 saturated carbocycles. The maximum absolute atomic E-state index is 13.3. The zero-order valence-corrected chi connectivity index (χ0v) is 14.1. The van der Waals surface area contributed by atoms with Gasteiger partial charge in [0.05, 0.1) is 11.5 Å². The minimum atomic E-state index is -1.26. The summed E-state index contributed by atoms with van der Waals surface area (Å²) in [5.41, 5.74) is -0.475. The molecule has 9 heteroatoms. The molecule has 2 amide bonds. The van der Waals surface area contributed by atoms with E-state index in [2.05, 4.69) is 10.6 Å². The van der Waals surface area contributed by atoms with E-state index < -0.39 is 33.8 Å². The Bertz CT molecular complexity index is 933. The third-order valence-electron chi connectivity index (χ3n) is 4.47. The highest BCUT2D eigenvalue weighted by molar-refractivity contribution is 6.39. The molecule has 0 radical (unpaired) electrons. The second-order valence-electron chi connectivity index (χ2n) is 6.25. The number of amides is 2. The largest absolute Gasteiger partial charge is 0.383 e. The number of halogens is 1. The Kier molecular flexibility index (Phi) is 4.87. The normalized spacial score (nSPS) is 17.9. The summed E-state index contributed by atoms with van der Waals surface area (Å²) in [6.45, 7) is -0.153. The fourth-order valence-corrected chi connectivity index (χ4v) is 3.08. The molecule has 0 bridgehead atoms. The van der Waals surface area contributed by atoms with Gasteiger partial charge < -0.3 is 15.7 Å². The molecule has 0 heterocycles. The number of carbonyl (C=O) groups is 2. The van der Waals surface area contributed by atoms with Gasteiger partial charge in [-0.25, -0.2) is 0 Å². The Morgan fingerprint density at radius 1 is 1.22 bits per heavy atom. The van der Waals surface area contributed by atoms with Gasteiger partial charge in [0.25, 0.3) is 0 Å². The molecule has 3 rings (SSSR count). The van der Waals surface area contributed by atoms with Gasteiger partial charge in [-0.3, -0.25) is 19.7 Å². The van der Waals surface area contributed by atoms with Crippen LogP contribution in [0.1, 0.15) is 17.5 Å². The van der Waals surface area contributed by atoms with Gasteiger partial charge in [-0.1, -0.05) is 24.3 Å². The summed E-state index contributed by atoms with van der Waals surface area (Å²) < 4.78 is 13.3. The zero-order chi connectivity index (χ0) is 19.6. The summed E-state index contributed by atoms with van der Waals surface area (Å²) in [4.78, 5) is 33.8. The molecule has 3 N–H and O–H groups in total. The first-order valence-electron chi connectivity index (χ1n) is 8.14. The fourth-order valence-electron chi connectivity index (χ4n) is 3.08. The molecule has 0 aliphatic heterocycles. The average molecular weight is 373 g/mol. The molecule has 2 aromatic rings. The number of nitro groups is 1. The molecular weight excluding hydrogens is 357 g/mol. The van der Waals surface area contributed by atoms with Gasteiger partial charge in [-0.05, 0) is 36.1 Å². The van der Waals surface area contributed by atoms with E-state index >= 15 is 0 Å². The van der Waals surface area contributed by atoms with E-state index in [1.807, 2.05) is 12.1 Å². The smallest absolute Gasteiger partial charge is 0.313 e. The lowest BCUT2D eigenvalue weighted by Crippen LogP contribution is -2.43. The lowest BCUT2D eigenvalue weighted by Gasteiger charge is -2.24. The van der Waals surface area contributed by atoms with Crippen molar-refractivity contribution in [1.82, 2.24) is 5.32 Å². The van der Waals surface area contributed by atoms with Crippen molar-refractivity contribution >= 4 is 23.2 Å². The molecule has 0 aromatic heterocycles. The van der Waals surface area contributed by atoms with Crippen LogP contribution in [0.3, 0.4) is 0 Å². The quantitative estimate of drug-likeness (QED) is 0.427. The average Bonchev–Trinajstić information content (AvgIpc) is 2.99. The molecule has 27 heavy (non-hydrogen) atoms. The predicted molar refractivity (Wildman–Crippen MR) is 93.4 cm³/mol. The SMILES string of the molecule is O=C(NCC1(O)CCc2ccccc21)C(=O)Nc1ccc(F)c([N+](=O)[O-])c1. The van der Waals surface area contributed by atoms with Crippen LogP contribution in [-0.2, 0) is 21.6 Å². The van der Waals surface area contributed by atoms with Crippen LogP contribution in [-0.4, -0.2) is 28.4 Å². The Balaban J connectivity index is 1.63. The van der Waals surface area contributed by atoms with Gasteiger partial charge in [-0.15, -0.1) is 0 Å². The first-order valence-corrected chi connectivity index (χ1v) is 8.14. The van der Waals surface area contributed by atoms with Crippen LogP contribution < -0.4 is 10.6 Å². The molecule has 2 aromatic carbocycles. The van der Waals surface area contributed by atoms with Gasteiger partial charge in [-0.2, -0.15) is 4.39 Å². The standard InChI is InChI=1S/C18H16FN3O5/c19-14-6-5-12(9-15(14)22(26)27)21-17(24)16(23)20-10-18(25)8-7-11-3-1-2-4-13(11)18/h1-6,9,25H,7-8,10H2,(H,20,23)(H,21,24). The zero-order valence-electron chi connectivity index (χ0n) is 14.1. The summed E-state index contributed by atoms with van der Waals surface area (Å²) in [5.74, 6) is -3.14. The maximum atomic E-state index is 13.3. The fraction of sp³-hybridized carbons (Fsp3) is 0.222. The minimum Gasteiger partial charge on any atom is -0.383 e. The monoisotopic (exact) mass is 373 g/mol. The Morgan fingerprint density at radius 2 is 1.96 bits per heavy atom. The van der Waals surface area contributed by atoms with Crippen molar-refractivity contribution in [3.63, 3.8) is 0 Å². The van der Waals surface area contributed by atoms with E-state index in [9.17, 15) is 29.2 Å². The minimum absolute atomic E-state index is 0.0897. The highest BCUT2D eigenvalue weighted by Gasteiger charge is 2.37. The van der Waals surface area contributed by atoms with Crippen molar-refractivity contribution in [1.29, 1.82) is 0 Å². The Morgan fingerprint density at radius 3 is 2.70 bits per heavy atom. The number of anilines is 1. The number of aliphatic hydroxyl groups is 1. The van der Waals surface area contributed by atoms with Crippen molar-refractivity contribution in [2.24, 2.45) is 0 Å². The number of hydrogen-bond acceptors (Lipinski definition) is 5. The van der Waals surface area contributed by atoms with Crippen molar-refractivity contribution in [2.45, 2.75) is 18.4 Å². The highest BCUT2D eigenvalue weighted by Crippen LogP contribution is 2.36. The number of carbonyl (C=O) groups excluding carboxylic acids is 2. The number of aryl methyl sites for hydroxylation is 1. The van der Waals surface area contributed by atoms with Gasteiger partial charge in [0.1, 0.15) is 5.60 Å². The van der Waals surface area contributed by atoms with Crippen molar-refractivity contribution < 1.29 is 24.0 Å². The van der Waals surface area contributed by atoms with Crippen LogP contribution >= 0.6 is 0 Å². The van der Waals surface area contributed by atoms with Crippen LogP contribution in [0.15, 0.2) is 42.5 Å². The van der Waals surface area contributed by atoms with E-state index in [0.717, 1.165) is 23.8 Å². The van der Waals surface area contributed by atoms with Gasteiger partial charge in [0.2, 0.25) is 5.82 Å². The van der Waals surface area contributed by atoms with E-state index in [1.165, 1.54) is 0 Å². The van der Waals surface area contributed by atoms with E-state index in [4.69, 9.17) is 0 Å². The number of fused-ring (bicyclic) bond motifs is 1. The van der Waals surface area contributed by atoms with Crippen LogP contribution in [0.25, 0.3) is 0 Å². The maximum Gasteiger partial charge on any atom is 0.313 e. The molecule has 1 aliphatic rings. The third-order valence-corrected chi connectivity index (χ3v) is 4.47. The van der Waals surface area contributed by atoms with Crippen molar-refractivity contribution in [2.75, 3.05) is 11.9 Å². The van der Waals surface area contributed by atoms with Crippen LogP contribution in [0.2, 0.25) is 0 Å². The third kappa shape index (κ3) is 3.77. The lowest BCUT2D eigenvalue weighted by molar-refractivity contribution is -0.387. The van der Waals surface area contributed by atoms with Crippen LogP contribution in [0.5, 0.6) is 0 Å². The molecule has 0 spiro atoms. The van der Waals surface area contributed by atoms with Crippen molar-refractivity contribution in [3.05, 3.63) is 69.5 Å². The molecule has 1 atom stereocenters. The first-order chi connectivity index (χ1) is 12.8. The number of nitrogens with one attached hydrogen (secondary N) is 2. The molecule has 140 valence electrons. The molecule has 0 saturated heterocycles. The molecular formula is C18H16FN3O5. The Labute approximate surface area is 153 Å². The second kappa shape index (κ2) is 7.12. The number of benzene rings is 2. The summed E-state index contributed by atoms with van der Waals surface area (Å²) >= 11 is 0. The summed E-state index contributed by atoms with van der Waals surface area (Å²) in [6, 6.07) is 10.1. The topological polar surface area (TPSA) is 122 Å². The highest BCUT2D eigenvalue weighted by atomic mass is 19.1. The van der Waals surface area contributed by atoms with Crippen molar-refractivity contribution in [3.8, 4) is 0 Å². The lowest BCUT2D eigenvalue weighted by atomic mass is 9.96. The molecule has 1 unspecified atom stereocenters. The van der Waals surface area contributed by atoms with Crippen LogP contribution in [0, 0.1) is 15.9 Å². The number of hydrogen-bond donors (Lipinski definition) is 3. The van der Waals surface area contributed by atoms with E-state index in [1.54, 1.807) is 12.1 Å². The van der Waals surface area contributed by atoms with Gasteiger partial charge >= 0.3 is 17.5 Å². The van der Waals surface area contributed by atoms with E-state index in [-0.39, 0.29) is 12.2 Å². The number of rotatable bonds is 4. The molecule has 0 fully saturated rings. The molecule has 8 nitrogen and oxygen atoms in total. The van der Waals surface area contributed by atoms with Gasteiger partial charge in [0, 0.05) is 11.8 Å². The Hall–Kier alpha value is -3.33. The summed E-state index contributed by atoms with van der Waals surface area (Å²) in [6.07, 6.45) is 1.08. The summed E-state index contributed by atoms with van der Waals surface area (Å²) in [5, 5.41) is 26.0. The summed E-state index contributed by atoms with van der Waals surface area (Å²) in [7, 11) is 0. The van der Waals surface area contributed by atoms with Gasteiger partial charge in [0.15, 0.2) is 0 Å². The second-order valence-corrected chi connectivity index (χ2v) is 6.25. The number of nitro benzene ring substituents is 1.